The van der Waals surface area contributed by atoms with Gasteiger partial charge in [0.15, 0.2) is 0 Å². The molecule has 1 amide bonds. The number of hydrogen-bond donors (Lipinski definition) is 1. The third-order valence-electron chi connectivity index (χ3n) is 3.38. The zero-order valence-electron chi connectivity index (χ0n) is 12.0. The monoisotopic (exact) mass is 253 g/mol. The quantitative estimate of drug-likeness (QED) is 0.716. The van der Waals surface area contributed by atoms with Crippen molar-refractivity contribution < 1.29 is 4.79 Å². The molecule has 1 aliphatic rings. The van der Waals surface area contributed by atoms with Crippen molar-refractivity contribution in [3.8, 4) is 0 Å². The Morgan fingerprint density at radius 2 is 1.89 bits per heavy atom. The summed E-state index contributed by atoms with van der Waals surface area (Å²) in [4.78, 5) is 16.6. The summed E-state index contributed by atoms with van der Waals surface area (Å²) in [6.45, 7) is 15.9. The number of piperazine rings is 1. The molecule has 0 saturated carbocycles. The molecule has 1 atom stereocenters. The Morgan fingerprint density at radius 1 is 1.28 bits per heavy atom. The predicted molar refractivity (Wildman–Crippen MR) is 75.5 cm³/mol. The number of rotatable bonds is 6. The normalized spacial score (nSPS) is 19.8. The van der Waals surface area contributed by atoms with Crippen molar-refractivity contribution in [2.45, 2.75) is 26.8 Å². The summed E-state index contributed by atoms with van der Waals surface area (Å²) in [5, 5.41) is 2.86. The van der Waals surface area contributed by atoms with E-state index in [-0.39, 0.29) is 11.9 Å². The lowest BCUT2D eigenvalue weighted by Gasteiger charge is -2.38. The molecule has 0 bridgehead atoms. The molecule has 0 aromatic rings. The largest absolute Gasteiger partial charge is 0.351 e. The van der Waals surface area contributed by atoms with Crippen LogP contribution in [0.5, 0.6) is 0 Å². The first kappa shape index (κ1) is 15.2. The average Bonchev–Trinajstić information content (AvgIpc) is 2.35. The zero-order chi connectivity index (χ0) is 13.5. The van der Waals surface area contributed by atoms with Crippen molar-refractivity contribution in [3.05, 3.63) is 12.7 Å². The van der Waals surface area contributed by atoms with Gasteiger partial charge in [0.1, 0.15) is 0 Å². The number of amides is 1. The Bertz CT molecular complexity index is 270. The molecule has 1 N–H and O–H groups in total. The summed E-state index contributed by atoms with van der Waals surface area (Å²) in [6.07, 6.45) is 1.71. The Hall–Kier alpha value is -0.870. The summed E-state index contributed by atoms with van der Waals surface area (Å²) < 4.78 is 0. The highest BCUT2D eigenvalue weighted by Crippen LogP contribution is 2.08. The predicted octanol–water partition coefficient (Wildman–Crippen LogP) is 0.951. The average molecular weight is 253 g/mol. The van der Waals surface area contributed by atoms with Crippen LogP contribution in [0.4, 0.5) is 0 Å². The molecule has 1 rings (SSSR count). The number of carbonyl (C=O) groups excluding carboxylic acids is 1. The lowest BCUT2D eigenvalue weighted by molar-refractivity contribution is -0.126. The Labute approximate surface area is 111 Å². The molecule has 4 heteroatoms. The molecule has 1 unspecified atom stereocenters. The van der Waals surface area contributed by atoms with Crippen LogP contribution in [0.1, 0.15) is 20.8 Å². The highest BCUT2D eigenvalue weighted by atomic mass is 16.2. The minimum absolute atomic E-state index is 0.0360. The van der Waals surface area contributed by atoms with E-state index in [2.05, 4.69) is 35.5 Å². The van der Waals surface area contributed by atoms with Crippen LogP contribution in [0.2, 0.25) is 0 Å². The van der Waals surface area contributed by atoms with E-state index in [1.54, 1.807) is 6.08 Å². The van der Waals surface area contributed by atoms with E-state index in [0.29, 0.717) is 12.5 Å². The molecular weight excluding hydrogens is 226 g/mol. The van der Waals surface area contributed by atoms with Gasteiger partial charge in [-0.15, -0.1) is 6.58 Å². The van der Waals surface area contributed by atoms with Gasteiger partial charge in [0.2, 0.25) is 5.91 Å². The molecule has 104 valence electrons. The molecule has 0 aliphatic carbocycles. The zero-order valence-corrected chi connectivity index (χ0v) is 12.0. The molecule has 0 aromatic heterocycles. The number of hydrogen-bond acceptors (Lipinski definition) is 3. The maximum absolute atomic E-state index is 11.8. The van der Waals surface area contributed by atoms with Crippen molar-refractivity contribution >= 4 is 5.91 Å². The molecule has 0 spiro atoms. The SMILES string of the molecule is C=CCNC(=O)C(C)N1CCN(CC(C)C)CC1. The molecule has 1 saturated heterocycles. The van der Waals surface area contributed by atoms with E-state index >= 15 is 0 Å². The lowest BCUT2D eigenvalue weighted by atomic mass is 10.1. The highest BCUT2D eigenvalue weighted by molar-refractivity contribution is 5.81. The van der Waals surface area contributed by atoms with Gasteiger partial charge in [0.05, 0.1) is 6.04 Å². The fourth-order valence-electron chi connectivity index (χ4n) is 2.34. The summed E-state index contributed by atoms with van der Waals surface area (Å²) >= 11 is 0. The second-order valence-electron chi connectivity index (χ2n) is 5.44. The molecular formula is C14H27N3O. The summed E-state index contributed by atoms with van der Waals surface area (Å²) in [6, 6.07) is -0.0360. The lowest BCUT2D eigenvalue weighted by Crippen LogP contribution is -2.54. The maximum atomic E-state index is 11.8. The third kappa shape index (κ3) is 4.78. The molecule has 1 heterocycles. The highest BCUT2D eigenvalue weighted by Gasteiger charge is 2.25. The van der Waals surface area contributed by atoms with Crippen molar-refractivity contribution in [2.75, 3.05) is 39.3 Å². The van der Waals surface area contributed by atoms with Crippen LogP contribution in [0.3, 0.4) is 0 Å². The van der Waals surface area contributed by atoms with E-state index in [4.69, 9.17) is 0 Å². The summed E-state index contributed by atoms with van der Waals surface area (Å²) in [5.74, 6) is 0.817. The minimum Gasteiger partial charge on any atom is -0.351 e. The van der Waals surface area contributed by atoms with Crippen LogP contribution in [-0.2, 0) is 4.79 Å². The number of nitrogens with zero attached hydrogens (tertiary/aromatic N) is 2. The van der Waals surface area contributed by atoms with Gasteiger partial charge >= 0.3 is 0 Å². The first-order chi connectivity index (χ1) is 8.54. The van der Waals surface area contributed by atoms with Crippen LogP contribution in [0.25, 0.3) is 0 Å². The first-order valence-corrected chi connectivity index (χ1v) is 6.89. The Balaban J connectivity index is 2.33. The van der Waals surface area contributed by atoms with Gasteiger partial charge in [-0.05, 0) is 12.8 Å². The third-order valence-corrected chi connectivity index (χ3v) is 3.38. The van der Waals surface area contributed by atoms with Crippen molar-refractivity contribution in [3.63, 3.8) is 0 Å². The summed E-state index contributed by atoms with van der Waals surface area (Å²) in [5.41, 5.74) is 0. The van der Waals surface area contributed by atoms with Gasteiger partial charge in [-0.25, -0.2) is 0 Å². The van der Waals surface area contributed by atoms with E-state index in [0.717, 1.165) is 32.7 Å². The topological polar surface area (TPSA) is 35.6 Å². The van der Waals surface area contributed by atoms with Crippen LogP contribution >= 0.6 is 0 Å². The van der Waals surface area contributed by atoms with Gasteiger partial charge in [-0.3, -0.25) is 9.69 Å². The van der Waals surface area contributed by atoms with E-state index in [9.17, 15) is 4.79 Å². The number of carbonyl (C=O) groups is 1. The minimum atomic E-state index is -0.0360. The molecule has 0 aromatic carbocycles. The number of nitrogens with one attached hydrogen (secondary N) is 1. The van der Waals surface area contributed by atoms with Crippen molar-refractivity contribution in [1.82, 2.24) is 15.1 Å². The fourth-order valence-corrected chi connectivity index (χ4v) is 2.34. The van der Waals surface area contributed by atoms with E-state index in [1.165, 1.54) is 0 Å². The molecule has 1 aliphatic heterocycles. The van der Waals surface area contributed by atoms with Gasteiger partial charge in [-0.2, -0.15) is 0 Å². The van der Waals surface area contributed by atoms with Crippen LogP contribution in [0.15, 0.2) is 12.7 Å². The second kappa shape index (κ2) is 7.54. The Kier molecular flexibility index (Phi) is 6.36. The van der Waals surface area contributed by atoms with Gasteiger partial charge < -0.3 is 10.2 Å². The van der Waals surface area contributed by atoms with Crippen molar-refractivity contribution in [2.24, 2.45) is 5.92 Å². The molecule has 18 heavy (non-hydrogen) atoms. The van der Waals surface area contributed by atoms with Crippen LogP contribution in [-0.4, -0.2) is 61.0 Å². The van der Waals surface area contributed by atoms with Gasteiger partial charge in [0, 0.05) is 39.3 Å². The van der Waals surface area contributed by atoms with Gasteiger partial charge in [0.25, 0.3) is 0 Å². The van der Waals surface area contributed by atoms with Crippen molar-refractivity contribution in [1.29, 1.82) is 0 Å². The van der Waals surface area contributed by atoms with Gasteiger partial charge in [-0.1, -0.05) is 19.9 Å². The van der Waals surface area contributed by atoms with E-state index in [1.807, 2.05) is 6.92 Å². The second-order valence-corrected chi connectivity index (χ2v) is 5.44. The fraction of sp³-hybridized carbons (Fsp3) is 0.786. The first-order valence-electron chi connectivity index (χ1n) is 6.89. The smallest absolute Gasteiger partial charge is 0.237 e. The molecule has 0 radical (unpaired) electrons. The molecule has 1 fully saturated rings. The van der Waals surface area contributed by atoms with Crippen LogP contribution < -0.4 is 5.32 Å². The van der Waals surface area contributed by atoms with E-state index < -0.39 is 0 Å². The maximum Gasteiger partial charge on any atom is 0.237 e. The van der Waals surface area contributed by atoms with Crippen LogP contribution in [0, 0.1) is 5.92 Å². The Morgan fingerprint density at radius 3 is 2.39 bits per heavy atom. The standard InChI is InChI=1S/C14H27N3O/c1-5-6-15-14(18)13(4)17-9-7-16(8-10-17)11-12(2)3/h5,12-13H,1,6-11H2,2-4H3,(H,15,18). The summed E-state index contributed by atoms with van der Waals surface area (Å²) in [7, 11) is 0. The molecule has 4 nitrogen and oxygen atoms in total.